The number of fused-ring (bicyclic) bond motifs is 1. The Morgan fingerprint density at radius 2 is 1.95 bits per heavy atom. The van der Waals surface area contributed by atoms with Gasteiger partial charge in [0, 0.05) is 28.7 Å². The Kier molecular flexibility index (Phi) is 4.48. The number of rotatable bonds is 5. The lowest BCUT2D eigenvalue weighted by Gasteiger charge is -2.10. The van der Waals surface area contributed by atoms with Gasteiger partial charge in [0.2, 0.25) is 0 Å². The number of benzene rings is 1. The van der Waals surface area contributed by atoms with E-state index in [9.17, 15) is 4.39 Å². The van der Waals surface area contributed by atoms with Crippen molar-refractivity contribution >= 4 is 22.8 Å². The first-order chi connectivity index (χ1) is 10.7. The highest BCUT2D eigenvalue weighted by Gasteiger charge is 2.11. The molecule has 2 aromatic heterocycles. The lowest BCUT2D eigenvalue weighted by atomic mass is 10.2. The van der Waals surface area contributed by atoms with Crippen LogP contribution < -0.4 is 0 Å². The lowest BCUT2D eigenvalue weighted by molar-refractivity contribution is 0.626. The number of halogens is 1. The van der Waals surface area contributed by atoms with Gasteiger partial charge in [-0.1, -0.05) is 25.5 Å². The molecular weight excluding hydrogens is 295 g/mol. The summed E-state index contributed by atoms with van der Waals surface area (Å²) in [7, 11) is 0. The van der Waals surface area contributed by atoms with Gasteiger partial charge in [-0.2, -0.15) is 0 Å². The Morgan fingerprint density at radius 1 is 1.18 bits per heavy atom. The summed E-state index contributed by atoms with van der Waals surface area (Å²) in [4.78, 5) is 5.81. The number of pyridine rings is 1. The number of aromatic nitrogens is 2. The maximum atomic E-state index is 13.1. The zero-order valence-electron chi connectivity index (χ0n) is 12.8. The van der Waals surface area contributed by atoms with Crippen molar-refractivity contribution in [1.82, 2.24) is 9.55 Å². The largest absolute Gasteiger partial charge is 0.325 e. The van der Waals surface area contributed by atoms with E-state index in [-0.39, 0.29) is 5.82 Å². The van der Waals surface area contributed by atoms with Crippen LogP contribution in [-0.2, 0) is 13.0 Å². The average molecular weight is 314 g/mol. The van der Waals surface area contributed by atoms with Crippen LogP contribution >= 0.6 is 11.8 Å². The molecule has 2 heterocycles. The highest BCUT2D eigenvalue weighted by Crippen LogP contribution is 2.25. The first-order valence-corrected chi connectivity index (χ1v) is 8.70. The van der Waals surface area contributed by atoms with E-state index in [2.05, 4.69) is 34.9 Å². The van der Waals surface area contributed by atoms with E-state index in [1.165, 1.54) is 28.1 Å². The van der Waals surface area contributed by atoms with Crippen LogP contribution in [0.2, 0.25) is 0 Å². The molecule has 2 nitrogen and oxygen atoms in total. The maximum absolute atomic E-state index is 13.1. The minimum atomic E-state index is -0.197. The molecule has 0 aliphatic carbocycles. The van der Waals surface area contributed by atoms with Crippen molar-refractivity contribution in [2.45, 2.75) is 31.2 Å². The third kappa shape index (κ3) is 3.02. The number of aryl methyl sites for hydroxylation is 1. The van der Waals surface area contributed by atoms with Gasteiger partial charge >= 0.3 is 0 Å². The fourth-order valence-electron chi connectivity index (χ4n) is 2.70. The van der Waals surface area contributed by atoms with E-state index < -0.39 is 0 Å². The van der Waals surface area contributed by atoms with Crippen LogP contribution in [0.4, 0.5) is 4.39 Å². The predicted octanol–water partition coefficient (Wildman–Crippen LogP) is 4.90. The summed E-state index contributed by atoms with van der Waals surface area (Å²) < 4.78 is 15.3. The van der Waals surface area contributed by atoms with Gasteiger partial charge in [-0.3, -0.25) is 0 Å². The van der Waals surface area contributed by atoms with Crippen LogP contribution in [0.15, 0.2) is 47.5 Å². The Hall–Kier alpha value is -1.81. The standard InChI is InChI=1S/C18H19FN2S/c1-3-4-16-9-14-10-17(22-2)11-20-18(14)21(16)12-13-5-7-15(19)8-6-13/h5-11H,3-4,12H2,1-2H3. The van der Waals surface area contributed by atoms with Crippen molar-refractivity contribution in [2.75, 3.05) is 6.26 Å². The van der Waals surface area contributed by atoms with Crippen molar-refractivity contribution < 1.29 is 4.39 Å². The second-order valence-electron chi connectivity index (χ2n) is 5.39. The van der Waals surface area contributed by atoms with Crippen LogP contribution in [0.1, 0.15) is 24.6 Å². The molecule has 0 spiro atoms. The van der Waals surface area contributed by atoms with E-state index in [0.717, 1.165) is 30.6 Å². The normalized spacial score (nSPS) is 11.2. The van der Waals surface area contributed by atoms with Gasteiger partial charge in [-0.15, -0.1) is 11.8 Å². The third-order valence-electron chi connectivity index (χ3n) is 3.79. The molecule has 0 radical (unpaired) electrons. The summed E-state index contributed by atoms with van der Waals surface area (Å²) in [6, 6.07) is 11.1. The number of hydrogen-bond acceptors (Lipinski definition) is 2. The number of hydrogen-bond donors (Lipinski definition) is 0. The lowest BCUT2D eigenvalue weighted by Crippen LogP contribution is -2.05. The van der Waals surface area contributed by atoms with E-state index in [1.807, 2.05) is 18.3 Å². The molecule has 3 aromatic rings. The topological polar surface area (TPSA) is 17.8 Å². The fraction of sp³-hybridized carbons (Fsp3) is 0.278. The summed E-state index contributed by atoms with van der Waals surface area (Å²) in [5.74, 6) is -0.197. The molecule has 1 aromatic carbocycles. The van der Waals surface area contributed by atoms with Gasteiger partial charge in [0.25, 0.3) is 0 Å². The van der Waals surface area contributed by atoms with Crippen molar-refractivity contribution in [1.29, 1.82) is 0 Å². The molecular formula is C18H19FN2S. The van der Waals surface area contributed by atoms with Crippen LogP contribution in [0, 0.1) is 5.82 Å². The van der Waals surface area contributed by atoms with Gasteiger partial charge < -0.3 is 4.57 Å². The van der Waals surface area contributed by atoms with Gasteiger partial charge in [-0.25, -0.2) is 9.37 Å². The summed E-state index contributed by atoms with van der Waals surface area (Å²) in [5.41, 5.74) is 3.38. The monoisotopic (exact) mass is 314 g/mol. The van der Waals surface area contributed by atoms with Gasteiger partial charge in [0.1, 0.15) is 11.5 Å². The minimum Gasteiger partial charge on any atom is -0.325 e. The first-order valence-electron chi connectivity index (χ1n) is 7.48. The minimum absolute atomic E-state index is 0.197. The third-order valence-corrected chi connectivity index (χ3v) is 4.48. The molecule has 0 saturated carbocycles. The zero-order chi connectivity index (χ0) is 15.5. The molecule has 22 heavy (non-hydrogen) atoms. The molecule has 0 atom stereocenters. The number of thioether (sulfide) groups is 1. The molecule has 4 heteroatoms. The van der Waals surface area contributed by atoms with E-state index in [0.29, 0.717) is 0 Å². The summed E-state index contributed by atoms with van der Waals surface area (Å²) in [6.07, 6.45) is 6.09. The SMILES string of the molecule is CCCc1cc2cc(SC)cnc2n1Cc1ccc(F)cc1. The highest BCUT2D eigenvalue weighted by atomic mass is 32.2. The summed E-state index contributed by atoms with van der Waals surface area (Å²) >= 11 is 1.70. The van der Waals surface area contributed by atoms with Gasteiger partial charge in [0.05, 0.1) is 0 Å². The van der Waals surface area contributed by atoms with Crippen LogP contribution in [0.5, 0.6) is 0 Å². The van der Waals surface area contributed by atoms with Crippen LogP contribution in [0.3, 0.4) is 0 Å². The molecule has 0 bridgehead atoms. The Labute approximate surface area is 134 Å². The molecule has 0 saturated heterocycles. The van der Waals surface area contributed by atoms with Crippen LogP contribution in [0.25, 0.3) is 11.0 Å². The first kappa shape index (κ1) is 15.1. The highest BCUT2D eigenvalue weighted by molar-refractivity contribution is 7.98. The molecule has 114 valence electrons. The van der Waals surface area contributed by atoms with Gasteiger partial charge in [-0.05, 0) is 42.5 Å². The fourth-order valence-corrected chi connectivity index (χ4v) is 3.11. The van der Waals surface area contributed by atoms with Crippen molar-refractivity contribution in [3.63, 3.8) is 0 Å². The maximum Gasteiger partial charge on any atom is 0.140 e. The molecule has 3 rings (SSSR count). The van der Waals surface area contributed by atoms with E-state index in [4.69, 9.17) is 0 Å². The van der Waals surface area contributed by atoms with Crippen molar-refractivity contribution in [3.8, 4) is 0 Å². The zero-order valence-corrected chi connectivity index (χ0v) is 13.7. The van der Waals surface area contributed by atoms with E-state index >= 15 is 0 Å². The Balaban J connectivity index is 2.05. The number of nitrogens with zero attached hydrogens (tertiary/aromatic N) is 2. The smallest absolute Gasteiger partial charge is 0.140 e. The summed E-state index contributed by atoms with van der Waals surface area (Å²) in [6.45, 7) is 2.91. The molecule has 0 aliphatic rings. The molecule has 0 aliphatic heterocycles. The summed E-state index contributed by atoms with van der Waals surface area (Å²) in [5, 5.41) is 1.18. The van der Waals surface area contributed by atoms with Crippen molar-refractivity contribution in [3.05, 3.63) is 59.7 Å². The second kappa shape index (κ2) is 6.53. The quantitative estimate of drug-likeness (QED) is 0.623. The van der Waals surface area contributed by atoms with Crippen LogP contribution in [-0.4, -0.2) is 15.8 Å². The second-order valence-corrected chi connectivity index (χ2v) is 6.27. The van der Waals surface area contributed by atoms with Crippen molar-refractivity contribution in [2.24, 2.45) is 0 Å². The molecule has 0 amide bonds. The molecule has 0 unspecified atom stereocenters. The van der Waals surface area contributed by atoms with E-state index in [1.54, 1.807) is 11.8 Å². The predicted molar refractivity (Wildman–Crippen MR) is 91.0 cm³/mol. The molecule has 0 fully saturated rings. The Morgan fingerprint density at radius 3 is 2.64 bits per heavy atom. The Bertz CT molecular complexity index is 778. The van der Waals surface area contributed by atoms with Gasteiger partial charge in [0.15, 0.2) is 0 Å². The average Bonchev–Trinajstić information content (AvgIpc) is 2.86. The molecule has 0 N–H and O–H groups in total.